The maximum atomic E-state index is 13.7. The van der Waals surface area contributed by atoms with Crippen LogP contribution in [0.25, 0.3) is 0 Å². The van der Waals surface area contributed by atoms with Crippen molar-refractivity contribution in [2.45, 2.75) is 17.7 Å². The van der Waals surface area contributed by atoms with Crippen LogP contribution in [0.15, 0.2) is 27.0 Å². The minimum Gasteiger partial charge on any atom is -0.301 e. The van der Waals surface area contributed by atoms with E-state index in [0.717, 1.165) is 6.07 Å². The van der Waals surface area contributed by atoms with Gasteiger partial charge in [-0.25, -0.2) is 4.39 Å². The molecule has 0 aliphatic heterocycles. The van der Waals surface area contributed by atoms with E-state index < -0.39 is 15.8 Å². The molecule has 0 radical (unpaired) electrons. The van der Waals surface area contributed by atoms with Gasteiger partial charge in [-0.05, 0) is 18.2 Å². The summed E-state index contributed by atoms with van der Waals surface area (Å²) in [5.74, 6) is -1.05. The first-order valence-corrected chi connectivity index (χ1v) is 9.02. The van der Waals surface area contributed by atoms with Crippen LogP contribution < -0.4 is 10.0 Å². The Morgan fingerprint density at radius 1 is 1.41 bits per heavy atom. The van der Waals surface area contributed by atoms with Gasteiger partial charge in [-0.2, -0.15) is 8.42 Å². The second-order valence-corrected chi connectivity index (χ2v) is 7.75. The third-order valence-electron chi connectivity index (χ3n) is 2.38. The van der Waals surface area contributed by atoms with E-state index in [2.05, 4.69) is 36.2 Å². The first-order chi connectivity index (χ1) is 10.3. The number of halogens is 2. The highest BCUT2D eigenvalue weighted by Gasteiger charge is 2.22. The van der Waals surface area contributed by atoms with Crippen LogP contribution in [0.5, 0.6) is 0 Å². The number of aromatic nitrogens is 2. The molecule has 0 spiro atoms. The molecule has 1 amide bonds. The zero-order chi connectivity index (χ0) is 16.3. The van der Waals surface area contributed by atoms with Gasteiger partial charge in [-0.3, -0.25) is 9.52 Å². The van der Waals surface area contributed by atoms with Gasteiger partial charge in [0.25, 0.3) is 14.4 Å². The van der Waals surface area contributed by atoms with Crippen molar-refractivity contribution in [3.8, 4) is 0 Å². The molecule has 22 heavy (non-hydrogen) atoms. The van der Waals surface area contributed by atoms with Gasteiger partial charge in [0, 0.05) is 10.9 Å². The Morgan fingerprint density at radius 3 is 2.77 bits per heavy atom. The molecule has 0 unspecified atom stereocenters. The molecule has 0 bridgehead atoms. The maximum absolute atomic E-state index is 13.7. The minimum absolute atomic E-state index is 0.0588. The fourth-order valence-corrected chi connectivity index (χ4v) is 3.66. The van der Waals surface area contributed by atoms with Crippen LogP contribution in [0.3, 0.4) is 0 Å². The molecule has 0 saturated heterocycles. The molecule has 118 valence electrons. The number of hydrogen-bond acceptors (Lipinski definition) is 6. The molecule has 0 aliphatic carbocycles. The van der Waals surface area contributed by atoms with E-state index in [4.69, 9.17) is 0 Å². The third-order valence-corrected chi connectivity index (χ3v) is 5.44. The zero-order valence-corrected chi connectivity index (χ0v) is 14.3. The maximum Gasteiger partial charge on any atom is 0.291 e. The van der Waals surface area contributed by atoms with E-state index >= 15 is 0 Å². The van der Waals surface area contributed by atoms with Crippen LogP contribution in [-0.4, -0.2) is 24.5 Å². The zero-order valence-electron chi connectivity index (χ0n) is 11.1. The predicted molar refractivity (Wildman–Crippen MR) is 83.7 cm³/mol. The lowest BCUT2D eigenvalue weighted by Gasteiger charge is -2.06. The van der Waals surface area contributed by atoms with Gasteiger partial charge in [0.15, 0.2) is 0 Å². The van der Waals surface area contributed by atoms with Crippen molar-refractivity contribution in [1.29, 1.82) is 0 Å². The van der Waals surface area contributed by atoms with E-state index in [1.165, 1.54) is 12.1 Å². The van der Waals surface area contributed by atoms with E-state index in [-0.39, 0.29) is 27.5 Å². The van der Waals surface area contributed by atoms with E-state index in [9.17, 15) is 17.6 Å². The molecule has 1 aromatic carbocycles. The highest BCUT2D eigenvalue weighted by molar-refractivity contribution is 9.10. The first kappa shape index (κ1) is 16.8. The molecule has 2 aromatic rings. The average Bonchev–Trinajstić information content (AvgIpc) is 2.91. The summed E-state index contributed by atoms with van der Waals surface area (Å²) in [5, 5.41) is 9.51. The Balaban J connectivity index is 2.21. The second-order valence-electron chi connectivity index (χ2n) is 4.00. The molecule has 2 rings (SSSR count). The van der Waals surface area contributed by atoms with Gasteiger partial charge in [0.2, 0.25) is 11.0 Å². The highest BCUT2D eigenvalue weighted by atomic mass is 79.9. The van der Waals surface area contributed by atoms with Crippen molar-refractivity contribution < 1.29 is 17.6 Å². The summed E-state index contributed by atoms with van der Waals surface area (Å²) >= 11 is 3.75. The number of carbonyl (C=O) groups excluding carboxylic acids is 1. The van der Waals surface area contributed by atoms with Crippen LogP contribution in [0, 0.1) is 5.82 Å². The summed E-state index contributed by atoms with van der Waals surface area (Å²) in [5.41, 5.74) is -0.211. The van der Waals surface area contributed by atoms with E-state index in [1.807, 2.05) is 0 Å². The fraction of sp³-hybridized carbons (Fsp3) is 0.182. The smallest absolute Gasteiger partial charge is 0.291 e. The monoisotopic (exact) mass is 408 g/mol. The Labute approximate surface area is 138 Å². The van der Waals surface area contributed by atoms with Crippen molar-refractivity contribution in [3.05, 3.63) is 28.5 Å². The first-order valence-electron chi connectivity index (χ1n) is 5.93. The molecule has 2 N–H and O–H groups in total. The Hall–Kier alpha value is -1.59. The summed E-state index contributed by atoms with van der Waals surface area (Å²) in [4.78, 5) is 11.2. The number of nitrogens with one attached hydrogen (secondary N) is 2. The van der Waals surface area contributed by atoms with Gasteiger partial charge in [-0.1, -0.05) is 34.2 Å². The fourth-order valence-electron chi connectivity index (χ4n) is 1.34. The standard InChI is InChI=1S/C11H10BrFN4O3S2/c1-2-9(18)14-10-15-16-11(21-10)22(19,20)17-8-4-3-6(12)5-7(8)13/h3-5,17H,2H2,1H3,(H,14,15,18). The molecule has 0 fully saturated rings. The molecule has 0 aliphatic rings. The van der Waals surface area contributed by atoms with Gasteiger partial charge < -0.3 is 5.32 Å². The molecule has 7 nitrogen and oxygen atoms in total. The lowest BCUT2D eigenvalue weighted by molar-refractivity contribution is -0.115. The Kier molecular flexibility index (Phi) is 5.08. The number of amides is 1. The lowest BCUT2D eigenvalue weighted by Crippen LogP contribution is -2.13. The molecular weight excluding hydrogens is 399 g/mol. The summed E-state index contributed by atoms with van der Waals surface area (Å²) in [6.45, 7) is 1.64. The average molecular weight is 409 g/mol. The summed E-state index contributed by atoms with van der Waals surface area (Å²) in [6.07, 6.45) is 0.226. The predicted octanol–water partition coefficient (Wildman–Crippen LogP) is 2.59. The molecule has 0 saturated carbocycles. The topological polar surface area (TPSA) is 101 Å². The van der Waals surface area contributed by atoms with Gasteiger partial charge in [0.1, 0.15) is 5.82 Å². The van der Waals surface area contributed by atoms with Crippen LogP contribution in [0.1, 0.15) is 13.3 Å². The van der Waals surface area contributed by atoms with Crippen LogP contribution in [0.4, 0.5) is 15.2 Å². The number of anilines is 2. The van der Waals surface area contributed by atoms with Crippen molar-refractivity contribution in [3.63, 3.8) is 0 Å². The molecule has 11 heteroatoms. The summed E-state index contributed by atoms with van der Waals surface area (Å²) < 4.78 is 40.1. The van der Waals surface area contributed by atoms with Crippen molar-refractivity contribution in [2.75, 3.05) is 10.0 Å². The number of rotatable bonds is 5. The minimum atomic E-state index is -4.08. The van der Waals surface area contributed by atoms with Gasteiger partial charge in [-0.15, -0.1) is 10.2 Å². The number of sulfonamides is 1. The number of nitrogens with zero attached hydrogens (tertiary/aromatic N) is 2. The van der Waals surface area contributed by atoms with Crippen LogP contribution in [-0.2, 0) is 14.8 Å². The van der Waals surface area contributed by atoms with Crippen LogP contribution in [0.2, 0.25) is 0 Å². The number of benzene rings is 1. The summed E-state index contributed by atoms with van der Waals surface area (Å²) in [6, 6.07) is 3.90. The van der Waals surface area contributed by atoms with Crippen LogP contribution >= 0.6 is 27.3 Å². The summed E-state index contributed by atoms with van der Waals surface area (Å²) in [7, 11) is -4.08. The highest BCUT2D eigenvalue weighted by Crippen LogP contribution is 2.25. The molecule has 1 aromatic heterocycles. The normalized spacial score (nSPS) is 11.2. The lowest BCUT2D eigenvalue weighted by atomic mass is 10.3. The molecule has 0 atom stereocenters. The Bertz CT molecular complexity index is 809. The van der Waals surface area contributed by atoms with E-state index in [1.54, 1.807) is 6.92 Å². The Morgan fingerprint density at radius 2 is 2.14 bits per heavy atom. The quantitative estimate of drug-likeness (QED) is 0.740. The largest absolute Gasteiger partial charge is 0.301 e. The second kappa shape index (κ2) is 6.67. The number of hydrogen-bond donors (Lipinski definition) is 2. The van der Waals surface area contributed by atoms with Crippen molar-refractivity contribution >= 4 is 54.0 Å². The van der Waals surface area contributed by atoms with E-state index in [0.29, 0.717) is 15.8 Å². The third kappa shape index (κ3) is 3.99. The molecular formula is C11H10BrFN4O3S2. The van der Waals surface area contributed by atoms with Gasteiger partial charge in [0.05, 0.1) is 5.69 Å². The van der Waals surface area contributed by atoms with Crippen molar-refractivity contribution in [2.24, 2.45) is 0 Å². The van der Waals surface area contributed by atoms with Gasteiger partial charge >= 0.3 is 0 Å². The SMILES string of the molecule is CCC(=O)Nc1nnc(S(=O)(=O)Nc2ccc(Br)cc2F)s1. The molecule has 1 heterocycles. The number of carbonyl (C=O) groups is 1. The van der Waals surface area contributed by atoms with Crippen molar-refractivity contribution in [1.82, 2.24) is 10.2 Å².